The predicted molar refractivity (Wildman–Crippen MR) is 128 cm³/mol. The van der Waals surface area contributed by atoms with Crippen molar-refractivity contribution in [3.63, 3.8) is 0 Å². The van der Waals surface area contributed by atoms with Crippen molar-refractivity contribution in [1.29, 1.82) is 0 Å². The normalized spacial score (nSPS) is 11.5. The Kier molecular flexibility index (Phi) is 7.25. The second-order valence-corrected chi connectivity index (χ2v) is 8.33. The van der Waals surface area contributed by atoms with Crippen molar-refractivity contribution in [3.8, 4) is 0 Å². The lowest BCUT2D eigenvalue weighted by molar-refractivity contribution is 0.419. The third-order valence-electron chi connectivity index (χ3n) is 6.37. The zero-order chi connectivity index (χ0) is 22.0. The molecule has 0 aliphatic rings. The van der Waals surface area contributed by atoms with Crippen LogP contribution < -0.4 is 10.9 Å². The summed E-state index contributed by atoms with van der Waals surface area (Å²) in [6, 6.07) is 8.10. The summed E-state index contributed by atoms with van der Waals surface area (Å²) in [6.07, 6.45) is 5.38. The fraction of sp³-hybridized carbons (Fsp3) is 0.417. The van der Waals surface area contributed by atoms with Gasteiger partial charge in [-0.25, -0.2) is 0 Å². The zero-order valence-electron chi connectivity index (χ0n) is 18.5. The fourth-order valence-electron chi connectivity index (χ4n) is 4.70. The smallest absolute Gasteiger partial charge is 0.423 e. The molecule has 3 aromatic rings. The van der Waals surface area contributed by atoms with Gasteiger partial charge in [0.15, 0.2) is 0 Å². The van der Waals surface area contributed by atoms with E-state index in [1.54, 1.807) is 0 Å². The van der Waals surface area contributed by atoms with Crippen molar-refractivity contribution in [2.75, 3.05) is 0 Å². The maximum Gasteiger partial charge on any atom is 0.488 e. The van der Waals surface area contributed by atoms with Gasteiger partial charge < -0.3 is 20.1 Å². The van der Waals surface area contributed by atoms with E-state index in [0.717, 1.165) is 59.4 Å². The molecule has 0 saturated heterocycles. The Hall–Kier alpha value is -1.85. The lowest BCUT2D eigenvalue weighted by Crippen LogP contribution is -2.52. The number of hydrogen-bond acceptors (Lipinski definition) is 4. The first-order chi connectivity index (χ1) is 14.3. The minimum atomic E-state index is -1.78. The maximum atomic E-state index is 10.3. The fourth-order valence-corrected chi connectivity index (χ4v) is 4.70. The summed E-state index contributed by atoms with van der Waals surface area (Å²) in [7, 11) is -3.54. The Balaban J connectivity index is 2.61. The van der Waals surface area contributed by atoms with Crippen LogP contribution in [0.15, 0.2) is 24.3 Å². The van der Waals surface area contributed by atoms with E-state index in [1.165, 1.54) is 11.1 Å². The largest absolute Gasteiger partial charge is 0.488 e. The predicted octanol–water partition coefficient (Wildman–Crippen LogP) is 2.65. The van der Waals surface area contributed by atoms with E-state index in [9.17, 15) is 20.1 Å². The minimum Gasteiger partial charge on any atom is -0.423 e. The molecule has 4 N–H and O–H groups in total. The Labute approximate surface area is 179 Å². The molecule has 4 nitrogen and oxygen atoms in total. The molecule has 0 atom stereocenters. The lowest BCUT2D eigenvalue weighted by atomic mass is 9.60. The third kappa shape index (κ3) is 4.02. The van der Waals surface area contributed by atoms with Gasteiger partial charge in [-0.05, 0) is 94.3 Å². The van der Waals surface area contributed by atoms with Crippen molar-refractivity contribution in [3.05, 3.63) is 46.5 Å². The van der Waals surface area contributed by atoms with E-state index in [0.29, 0.717) is 11.8 Å². The molecular weight excluding hydrogens is 374 g/mol. The molecule has 0 bridgehead atoms. The number of benzene rings is 3. The first-order valence-corrected chi connectivity index (χ1v) is 11.1. The van der Waals surface area contributed by atoms with Crippen LogP contribution in [-0.2, 0) is 12.8 Å². The van der Waals surface area contributed by atoms with E-state index in [2.05, 4.69) is 39.8 Å². The van der Waals surface area contributed by atoms with Gasteiger partial charge in [-0.1, -0.05) is 51.0 Å². The van der Waals surface area contributed by atoms with Gasteiger partial charge in [0.1, 0.15) is 0 Å². The van der Waals surface area contributed by atoms with Gasteiger partial charge in [-0.2, -0.15) is 0 Å². The molecule has 0 aliphatic heterocycles. The number of unbranched alkanes of at least 4 members (excludes halogenated alkanes) is 2. The van der Waals surface area contributed by atoms with Crippen LogP contribution in [0.2, 0.25) is 0 Å². The Morgan fingerprint density at radius 3 is 1.83 bits per heavy atom. The quantitative estimate of drug-likeness (QED) is 0.343. The van der Waals surface area contributed by atoms with Crippen molar-refractivity contribution in [2.45, 2.75) is 66.2 Å². The number of rotatable bonds is 8. The molecule has 0 spiro atoms. The average molecular weight is 406 g/mol. The van der Waals surface area contributed by atoms with E-state index in [-0.39, 0.29) is 10.9 Å². The highest BCUT2D eigenvalue weighted by molar-refractivity contribution is 6.74. The SMILES string of the molecule is CCCCc1c(B(O)O)c(B(O)O)c2ccc3ccc(C)c(C)c3c2c1CCCC. The van der Waals surface area contributed by atoms with E-state index in [1.807, 2.05) is 12.1 Å². The molecule has 0 aromatic heterocycles. The van der Waals surface area contributed by atoms with Gasteiger partial charge in [-0.3, -0.25) is 0 Å². The van der Waals surface area contributed by atoms with Crippen molar-refractivity contribution in [1.82, 2.24) is 0 Å². The molecule has 0 unspecified atom stereocenters. The van der Waals surface area contributed by atoms with Crippen LogP contribution in [-0.4, -0.2) is 34.3 Å². The summed E-state index contributed by atoms with van der Waals surface area (Å²) < 4.78 is 0. The summed E-state index contributed by atoms with van der Waals surface area (Å²) in [4.78, 5) is 0. The molecular formula is C24H32B2O4. The Morgan fingerprint density at radius 1 is 0.700 bits per heavy atom. The molecule has 30 heavy (non-hydrogen) atoms. The summed E-state index contributed by atoms with van der Waals surface area (Å²) in [5.74, 6) is 0. The van der Waals surface area contributed by atoms with E-state index in [4.69, 9.17) is 0 Å². The third-order valence-corrected chi connectivity index (χ3v) is 6.37. The van der Waals surface area contributed by atoms with Crippen LogP contribution in [0.5, 0.6) is 0 Å². The van der Waals surface area contributed by atoms with Gasteiger partial charge in [0.05, 0.1) is 0 Å². The summed E-state index contributed by atoms with van der Waals surface area (Å²) in [5, 5.41) is 45.1. The second kappa shape index (κ2) is 9.52. The minimum absolute atomic E-state index is 0.217. The highest BCUT2D eigenvalue weighted by Crippen LogP contribution is 2.34. The maximum absolute atomic E-state index is 10.3. The Morgan fingerprint density at radius 2 is 1.27 bits per heavy atom. The number of aryl methyl sites for hydroxylation is 3. The average Bonchev–Trinajstić information content (AvgIpc) is 2.71. The lowest BCUT2D eigenvalue weighted by Gasteiger charge is -2.24. The first-order valence-electron chi connectivity index (χ1n) is 11.1. The molecule has 0 saturated carbocycles. The zero-order valence-corrected chi connectivity index (χ0v) is 18.5. The molecule has 0 aliphatic carbocycles. The molecule has 158 valence electrons. The monoisotopic (exact) mass is 406 g/mol. The highest BCUT2D eigenvalue weighted by Gasteiger charge is 2.31. The number of hydrogen-bond donors (Lipinski definition) is 4. The summed E-state index contributed by atoms with van der Waals surface area (Å²) in [6.45, 7) is 8.45. The van der Waals surface area contributed by atoms with Gasteiger partial charge in [-0.15, -0.1) is 0 Å². The molecule has 0 radical (unpaired) electrons. The van der Waals surface area contributed by atoms with Crippen molar-refractivity contribution >= 4 is 46.7 Å². The van der Waals surface area contributed by atoms with Crippen molar-refractivity contribution in [2.24, 2.45) is 0 Å². The van der Waals surface area contributed by atoms with Gasteiger partial charge in [0, 0.05) is 0 Å². The van der Waals surface area contributed by atoms with Crippen LogP contribution in [0.1, 0.15) is 61.8 Å². The number of fused-ring (bicyclic) bond motifs is 3. The van der Waals surface area contributed by atoms with Crippen LogP contribution in [0.25, 0.3) is 21.5 Å². The standard InChI is InChI=1S/C24H32B2O4/c1-5-7-9-18-19(10-8-6-2)23(25(27)28)24(26(29)30)20-14-13-17-12-11-15(3)16(4)21(17)22(18)20/h11-14,27-30H,5-10H2,1-4H3. The summed E-state index contributed by atoms with van der Waals surface area (Å²) in [5.41, 5.74) is 4.82. The van der Waals surface area contributed by atoms with Crippen LogP contribution in [0.4, 0.5) is 0 Å². The van der Waals surface area contributed by atoms with Crippen LogP contribution in [0.3, 0.4) is 0 Å². The molecule has 0 heterocycles. The van der Waals surface area contributed by atoms with Crippen LogP contribution >= 0.6 is 0 Å². The first kappa shape index (κ1) is 22.8. The van der Waals surface area contributed by atoms with Crippen LogP contribution in [0, 0.1) is 13.8 Å². The highest BCUT2D eigenvalue weighted by atomic mass is 16.4. The molecule has 3 rings (SSSR count). The molecule has 0 fully saturated rings. The van der Waals surface area contributed by atoms with Crippen molar-refractivity contribution < 1.29 is 20.1 Å². The molecule has 6 heteroatoms. The van der Waals surface area contributed by atoms with Gasteiger partial charge >= 0.3 is 14.2 Å². The second-order valence-electron chi connectivity index (χ2n) is 8.33. The topological polar surface area (TPSA) is 80.9 Å². The van der Waals surface area contributed by atoms with E-state index < -0.39 is 14.2 Å². The van der Waals surface area contributed by atoms with Gasteiger partial charge in [0.2, 0.25) is 0 Å². The van der Waals surface area contributed by atoms with Gasteiger partial charge in [0.25, 0.3) is 0 Å². The molecule has 3 aromatic carbocycles. The Bertz CT molecular complexity index is 1060. The molecule has 0 amide bonds. The van der Waals surface area contributed by atoms with E-state index >= 15 is 0 Å². The summed E-state index contributed by atoms with van der Waals surface area (Å²) >= 11 is 0.